The molecule has 1 aromatic rings. The maximum Gasteiger partial charge on any atom is 0.470 e. The van der Waals surface area contributed by atoms with Crippen molar-refractivity contribution in [1.29, 1.82) is 0 Å². The Morgan fingerprint density at radius 2 is 0.740 bits per heavy atom. The summed E-state index contributed by atoms with van der Waals surface area (Å²) < 4.78 is 49.3. The number of unbranched alkanes of at least 4 members (excludes halogenated alkanes) is 40. The molecule has 1 aromatic carbocycles. The Morgan fingerprint density at radius 3 is 1.09 bits per heavy atom. The number of carbonyl (C=O) groups is 6. The number of esters is 3. The van der Waals surface area contributed by atoms with E-state index in [0.29, 0.717) is 44.9 Å². The van der Waals surface area contributed by atoms with Crippen molar-refractivity contribution in [1.82, 2.24) is 16.0 Å². The van der Waals surface area contributed by atoms with E-state index in [9.17, 15) is 48.2 Å². The summed E-state index contributed by atoms with van der Waals surface area (Å²) in [5.41, 5.74) is 1.30. The van der Waals surface area contributed by atoms with Gasteiger partial charge in [-0.15, -0.1) is 0 Å². The first kappa shape index (κ1) is 96.1. The van der Waals surface area contributed by atoms with Crippen LogP contribution in [0, 0.1) is 0 Å². The van der Waals surface area contributed by atoms with Crippen molar-refractivity contribution in [2.24, 2.45) is 0 Å². The fourth-order valence-corrected chi connectivity index (χ4v) is 14.6. The Kier molecular flexibility index (Phi) is 61.0. The molecule has 6 N–H and O–H groups in total. The molecule has 19 nitrogen and oxygen atoms in total. The van der Waals surface area contributed by atoms with Crippen molar-refractivity contribution < 1.29 is 76.4 Å². The number of ether oxygens (including phenoxy) is 5. The van der Waals surface area contributed by atoms with Gasteiger partial charge in [0.15, 0.2) is 6.29 Å². The number of amides is 3. The number of hydrogen-bond donors (Lipinski definition) is 6. The third kappa shape index (κ3) is 53.8. The van der Waals surface area contributed by atoms with Gasteiger partial charge in [-0.2, -0.15) is 0 Å². The Morgan fingerprint density at radius 1 is 0.423 bits per heavy atom. The molecule has 2 rings (SSSR count). The zero-order valence-corrected chi connectivity index (χ0v) is 67.2. The smallest absolute Gasteiger partial charge is 0.462 e. The maximum absolute atomic E-state index is 14.8. The molecule has 0 spiro atoms. The molecule has 1 aliphatic heterocycles. The molecule has 0 bridgehead atoms. The van der Waals surface area contributed by atoms with Gasteiger partial charge in [-0.25, -0.2) is 4.57 Å². The molecule has 0 aromatic heterocycles. The van der Waals surface area contributed by atoms with Gasteiger partial charge in [0.2, 0.25) is 17.7 Å². The molecule has 1 fully saturated rings. The van der Waals surface area contributed by atoms with Gasteiger partial charge in [0.1, 0.15) is 36.6 Å². The molecule has 104 heavy (non-hydrogen) atoms. The molecule has 20 heteroatoms. The van der Waals surface area contributed by atoms with Crippen molar-refractivity contribution in [3.8, 4) is 0 Å². The Bertz CT molecular complexity index is 2310. The Balaban J connectivity index is 2.52. The molecule has 3 unspecified atom stereocenters. The summed E-state index contributed by atoms with van der Waals surface area (Å²) in [4.78, 5) is 105. The van der Waals surface area contributed by atoms with E-state index >= 15 is 0 Å². The fourth-order valence-electron chi connectivity index (χ4n) is 14.0. The van der Waals surface area contributed by atoms with E-state index in [1.165, 1.54) is 108 Å². The summed E-state index contributed by atoms with van der Waals surface area (Å²) >= 11 is 0. The number of nitrogens with one attached hydrogen (secondary N) is 3. The van der Waals surface area contributed by atoms with Gasteiger partial charge < -0.3 is 54.5 Å². The number of carbonyl (C=O) groups excluding carboxylic acids is 6. The third-order valence-electron chi connectivity index (χ3n) is 20.2. The lowest BCUT2D eigenvalue weighted by atomic mass is 9.93. The number of aliphatic hydroxyl groups is 1. The zero-order valence-electron chi connectivity index (χ0n) is 66.3. The topological polar surface area (TPSA) is 272 Å². The van der Waals surface area contributed by atoms with Gasteiger partial charge in [-0.3, -0.25) is 33.3 Å². The second-order valence-corrected chi connectivity index (χ2v) is 31.2. The highest BCUT2D eigenvalue weighted by Gasteiger charge is 2.51. The molecule has 0 saturated carbocycles. The second-order valence-electron chi connectivity index (χ2n) is 30.0. The van der Waals surface area contributed by atoms with Crippen LogP contribution in [0.4, 0.5) is 0 Å². The molecule has 1 heterocycles. The summed E-state index contributed by atoms with van der Waals surface area (Å²) in [6.07, 6.45) is 43.0. The van der Waals surface area contributed by atoms with Gasteiger partial charge in [0.25, 0.3) is 0 Å². The molecule has 0 radical (unpaired) electrons. The van der Waals surface area contributed by atoms with Crippen LogP contribution in [0.3, 0.4) is 0 Å². The van der Waals surface area contributed by atoms with E-state index in [0.717, 1.165) is 173 Å². The summed E-state index contributed by atoms with van der Waals surface area (Å²) in [7, 11) is -5.44. The highest BCUT2D eigenvalue weighted by molar-refractivity contribution is 7.46. The molecule has 0 aliphatic carbocycles. The Hall–Kier alpha value is -3.97. The van der Waals surface area contributed by atoms with Crippen molar-refractivity contribution in [2.75, 3.05) is 19.8 Å². The minimum Gasteiger partial charge on any atom is -0.462 e. The largest absolute Gasteiger partial charge is 0.470 e. The molecule has 604 valence electrons. The van der Waals surface area contributed by atoms with Crippen LogP contribution in [0.5, 0.6) is 0 Å². The van der Waals surface area contributed by atoms with Gasteiger partial charge in [-0.05, 0) is 76.2 Å². The molecule has 8 atom stereocenters. The highest BCUT2D eigenvalue weighted by Crippen LogP contribution is 2.42. The molecular weight excluding hydrogens is 1340 g/mol. The first-order chi connectivity index (χ1) is 50.5. The number of benzene rings is 1. The van der Waals surface area contributed by atoms with E-state index < -0.39 is 87.1 Å². The normalized spacial score (nSPS) is 16.9. The number of rotatable bonds is 72. The monoisotopic (exact) mass is 1490 g/mol. The minimum absolute atomic E-state index is 0.0741. The summed E-state index contributed by atoms with van der Waals surface area (Å²) in [6, 6.07) is 7.34. The van der Waals surface area contributed by atoms with Crippen LogP contribution < -0.4 is 16.0 Å². The van der Waals surface area contributed by atoms with Crippen LogP contribution in [0.2, 0.25) is 0 Å². The standard InChI is InChI=1S/C84H152N3O16P/c1-6-11-16-21-26-29-34-39-49-58-71(99-78(92)61-52-42-32-24-19-14-9-4)66-75(89)85-64-65-98-84-82(87-77(91)68-73(60-51-41-36-31-28-23-18-13-8-3)101-79(93)62-53-43-33-25-20-15-10-5)81(83(74(69-88)102-84)103-104(95,96)97)86-76(90)67-72(59-50-40-35-30-27-22-17-12-7-2)100-80(94)63-54-44-37-38-46-55-70-56-47-45-48-57-70/h45,47-48,56-57,71-74,81-84,88H,6-44,46,49-55,58-69H2,1-5H3,(H,85,89)(H,86,90)(H,87,91)(H2,95,96,97)/t71-,72-,73-,74?,81?,82?,83-,84-/m1/s1. The van der Waals surface area contributed by atoms with Crippen LogP contribution in [-0.4, -0.2) is 119 Å². The SMILES string of the molecule is CCCCCCCCCCC[C@H](CC(=O)NCCO[C@@H]1OC(CO)[C@@H](OP(=O)(O)O)C(NC(=O)C[C@@H](CCCCCCCCCCC)OC(=O)CCCCCCCc2ccccc2)C1NC(=O)C[C@@H](CCCCCCCCCCC)OC(=O)CCCCCCCCC)OC(=O)CCCCCCCCC. The van der Waals surface area contributed by atoms with E-state index in [-0.39, 0.29) is 63.6 Å². The van der Waals surface area contributed by atoms with Crippen LogP contribution in [0.25, 0.3) is 0 Å². The van der Waals surface area contributed by atoms with Crippen LogP contribution in [0.15, 0.2) is 30.3 Å². The average Bonchev–Trinajstić information content (AvgIpc) is 0.781. The quantitative estimate of drug-likeness (QED) is 0.0153. The number of hydrogen-bond acceptors (Lipinski definition) is 14. The van der Waals surface area contributed by atoms with Crippen LogP contribution >= 0.6 is 7.82 Å². The van der Waals surface area contributed by atoms with Crippen molar-refractivity contribution in [3.05, 3.63) is 35.9 Å². The lowest BCUT2D eigenvalue weighted by Crippen LogP contribution is -2.70. The first-order valence-electron chi connectivity index (χ1n) is 42.7. The zero-order chi connectivity index (χ0) is 75.8. The molecule has 3 amide bonds. The number of aryl methyl sites for hydroxylation is 1. The van der Waals surface area contributed by atoms with Crippen LogP contribution in [0.1, 0.15) is 393 Å². The summed E-state index contributed by atoms with van der Waals surface area (Å²) in [5, 5.41) is 19.7. The molecule has 1 saturated heterocycles. The predicted molar refractivity (Wildman–Crippen MR) is 418 cm³/mol. The van der Waals surface area contributed by atoms with Crippen molar-refractivity contribution >= 4 is 43.5 Å². The lowest BCUT2D eigenvalue weighted by molar-refractivity contribution is -0.247. The van der Waals surface area contributed by atoms with Gasteiger partial charge >= 0.3 is 25.7 Å². The van der Waals surface area contributed by atoms with E-state index in [4.69, 9.17) is 28.2 Å². The van der Waals surface area contributed by atoms with Gasteiger partial charge in [0.05, 0.1) is 38.5 Å². The maximum atomic E-state index is 14.8. The number of phosphoric ester groups is 1. The van der Waals surface area contributed by atoms with E-state index in [1.807, 2.05) is 18.2 Å². The van der Waals surface area contributed by atoms with Crippen molar-refractivity contribution in [3.63, 3.8) is 0 Å². The number of aliphatic hydroxyl groups excluding tert-OH is 1. The van der Waals surface area contributed by atoms with E-state index in [1.54, 1.807) is 0 Å². The highest BCUT2D eigenvalue weighted by atomic mass is 31.2. The van der Waals surface area contributed by atoms with E-state index in [2.05, 4.69) is 62.7 Å². The van der Waals surface area contributed by atoms with Gasteiger partial charge in [0, 0.05) is 25.8 Å². The lowest BCUT2D eigenvalue weighted by Gasteiger charge is -2.46. The predicted octanol–water partition coefficient (Wildman–Crippen LogP) is 19.8. The average molecular weight is 1490 g/mol. The summed E-state index contributed by atoms with van der Waals surface area (Å²) in [6.45, 7) is 9.76. The van der Waals surface area contributed by atoms with Gasteiger partial charge in [-0.1, -0.05) is 315 Å². The fraction of sp³-hybridized carbons (Fsp3) is 0.857. The van der Waals surface area contributed by atoms with Crippen molar-refractivity contribution in [2.45, 2.75) is 443 Å². The third-order valence-corrected chi connectivity index (χ3v) is 20.7. The minimum atomic E-state index is -5.44. The van der Waals surface area contributed by atoms with Crippen LogP contribution in [-0.2, 0) is 68.0 Å². The first-order valence-corrected chi connectivity index (χ1v) is 44.2. The second kappa shape index (κ2) is 66.1. The molecule has 1 aliphatic rings. The summed E-state index contributed by atoms with van der Waals surface area (Å²) in [5.74, 6) is -2.88. The molecular formula is C84H152N3O16P. The Labute approximate surface area is 631 Å². The number of phosphoric acid groups is 1.